The van der Waals surface area contributed by atoms with Gasteiger partial charge in [0, 0.05) is 17.8 Å². The fourth-order valence-electron chi connectivity index (χ4n) is 1.78. The predicted molar refractivity (Wildman–Crippen MR) is 67.1 cm³/mol. The summed E-state index contributed by atoms with van der Waals surface area (Å²) in [5.41, 5.74) is 1.07. The smallest absolute Gasteiger partial charge is 0.304 e. The molecule has 5 nitrogen and oxygen atoms in total. The highest BCUT2D eigenvalue weighted by atomic mass is 16.4. The Balaban J connectivity index is 2.35. The molecule has 0 saturated heterocycles. The standard InChI is InChI=1S/C13H15N3O2/c1-13(2,8-11(17)18)12-15-7-5-10(16-12)9-4-3-6-14-9/h3-7,14H,8H2,1-2H3,(H,17,18). The van der Waals surface area contributed by atoms with E-state index in [1.165, 1.54) is 0 Å². The summed E-state index contributed by atoms with van der Waals surface area (Å²) in [6.45, 7) is 3.66. The third-order valence-corrected chi connectivity index (χ3v) is 2.73. The van der Waals surface area contributed by atoms with E-state index in [2.05, 4.69) is 15.0 Å². The minimum absolute atomic E-state index is 0.00117. The number of carbonyl (C=O) groups is 1. The monoisotopic (exact) mass is 245 g/mol. The zero-order chi connectivity index (χ0) is 13.2. The molecule has 2 N–H and O–H groups in total. The lowest BCUT2D eigenvalue weighted by atomic mass is 9.88. The van der Waals surface area contributed by atoms with E-state index in [4.69, 9.17) is 5.11 Å². The van der Waals surface area contributed by atoms with Gasteiger partial charge >= 0.3 is 5.97 Å². The van der Waals surface area contributed by atoms with Crippen LogP contribution in [0.15, 0.2) is 30.6 Å². The summed E-state index contributed by atoms with van der Waals surface area (Å²) in [6.07, 6.45) is 3.47. The molecule has 0 aliphatic carbocycles. The maximum absolute atomic E-state index is 10.8. The van der Waals surface area contributed by atoms with E-state index in [1.54, 1.807) is 12.3 Å². The van der Waals surface area contributed by atoms with Gasteiger partial charge in [0.25, 0.3) is 0 Å². The van der Waals surface area contributed by atoms with Crippen molar-refractivity contribution in [2.45, 2.75) is 25.7 Å². The molecule has 18 heavy (non-hydrogen) atoms. The Bertz CT molecular complexity index is 547. The van der Waals surface area contributed by atoms with Crippen LogP contribution >= 0.6 is 0 Å². The number of H-pyrrole nitrogens is 1. The maximum Gasteiger partial charge on any atom is 0.304 e. The molecular weight excluding hydrogens is 230 g/mol. The van der Waals surface area contributed by atoms with Crippen molar-refractivity contribution in [2.75, 3.05) is 0 Å². The van der Waals surface area contributed by atoms with Crippen LogP contribution in [-0.2, 0) is 10.2 Å². The van der Waals surface area contributed by atoms with Crippen molar-refractivity contribution in [1.82, 2.24) is 15.0 Å². The predicted octanol–water partition coefficient (Wildman–Crippen LogP) is 2.22. The molecule has 0 amide bonds. The van der Waals surface area contributed by atoms with E-state index in [-0.39, 0.29) is 6.42 Å². The first kappa shape index (κ1) is 12.3. The van der Waals surface area contributed by atoms with Crippen molar-refractivity contribution in [3.63, 3.8) is 0 Å². The molecule has 94 valence electrons. The van der Waals surface area contributed by atoms with Gasteiger partial charge in [0.15, 0.2) is 0 Å². The van der Waals surface area contributed by atoms with E-state index in [9.17, 15) is 4.79 Å². The lowest BCUT2D eigenvalue weighted by Gasteiger charge is -2.20. The summed E-state index contributed by atoms with van der Waals surface area (Å²) < 4.78 is 0. The number of carboxylic acids is 1. The number of aromatic amines is 1. The maximum atomic E-state index is 10.8. The average molecular weight is 245 g/mol. The van der Waals surface area contributed by atoms with Crippen LogP contribution < -0.4 is 0 Å². The SMILES string of the molecule is CC(C)(CC(=O)O)c1nccc(-c2ccc[nH]2)n1. The van der Waals surface area contributed by atoms with Crippen LogP contribution in [0, 0.1) is 0 Å². The van der Waals surface area contributed by atoms with Gasteiger partial charge < -0.3 is 10.1 Å². The Hall–Kier alpha value is -2.17. The van der Waals surface area contributed by atoms with Crippen molar-refractivity contribution in [1.29, 1.82) is 0 Å². The Morgan fingerprint density at radius 2 is 2.22 bits per heavy atom. The van der Waals surface area contributed by atoms with Gasteiger partial charge in [0.1, 0.15) is 5.82 Å². The molecule has 0 atom stereocenters. The number of hydrogen-bond donors (Lipinski definition) is 2. The molecular formula is C13H15N3O2. The van der Waals surface area contributed by atoms with E-state index >= 15 is 0 Å². The summed E-state index contributed by atoms with van der Waals surface area (Å²) in [6, 6.07) is 5.60. The van der Waals surface area contributed by atoms with Crippen LogP contribution in [0.1, 0.15) is 26.1 Å². The van der Waals surface area contributed by atoms with Gasteiger partial charge in [0.05, 0.1) is 17.8 Å². The summed E-state index contributed by atoms with van der Waals surface area (Å²) >= 11 is 0. The number of nitrogens with zero attached hydrogens (tertiary/aromatic N) is 2. The Labute approximate surface area is 105 Å². The molecule has 5 heteroatoms. The molecule has 2 rings (SSSR count). The van der Waals surface area contributed by atoms with Crippen LogP contribution in [0.3, 0.4) is 0 Å². The largest absolute Gasteiger partial charge is 0.481 e. The molecule has 0 radical (unpaired) electrons. The molecule has 2 aromatic rings. The fraction of sp³-hybridized carbons (Fsp3) is 0.308. The number of carboxylic acid groups (broad SMARTS) is 1. The van der Waals surface area contributed by atoms with Crippen molar-refractivity contribution >= 4 is 5.97 Å². The van der Waals surface area contributed by atoms with Crippen LogP contribution in [0.2, 0.25) is 0 Å². The van der Waals surface area contributed by atoms with Gasteiger partial charge in [-0.25, -0.2) is 9.97 Å². The Kier molecular flexibility index (Phi) is 3.14. The third kappa shape index (κ3) is 2.56. The topological polar surface area (TPSA) is 78.9 Å². The minimum atomic E-state index is -0.853. The lowest BCUT2D eigenvalue weighted by molar-refractivity contribution is -0.138. The fourth-order valence-corrected chi connectivity index (χ4v) is 1.78. The Morgan fingerprint density at radius 3 is 2.83 bits per heavy atom. The number of aromatic nitrogens is 3. The quantitative estimate of drug-likeness (QED) is 0.865. The second kappa shape index (κ2) is 4.60. The number of nitrogens with one attached hydrogen (secondary N) is 1. The van der Waals surface area contributed by atoms with Gasteiger partial charge in [-0.3, -0.25) is 4.79 Å². The molecule has 0 unspecified atom stereocenters. The lowest BCUT2D eigenvalue weighted by Crippen LogP contribution is -2.24. The first-order chi connectivity index (χ1) is 8.49. The van der Waals surface area contributed by atoms with Gasteiger partial charge in [-0.2, -0.15) is 0 Å². The van der Waals surface area contributed by atoms with Gasteiger partial charge in [0.2, 0.25) is 0 Å². The molecule has 0 fully saturated rings. The molecule has 0 bridgehead atoms. The van der Waals surface area contributed by atoms with Crippen molar-refractivity contribution in [2.24, 2.45) is 0 Å². The van der Waals surface area contributed by atoms with Crippen LogP contribution in [0.4, 0.5) is 0 Å². The zero-order valence-corrected chi connectivity index (χ0v) is 10.3. The normalized spacial score (nSPS) is 11.4. The van der Waals surface area contributed by atoms with Gasteiger partial charge in [-0.15, -0.1) is 0 Å². The number of aliphatic carboxylic acids is 1. The van der Waals surface area contributed by atoms with Crippen LogP contribution in [-0.4, -0.2) is 26.0 Å². The highest BCUT2D eigenvalue weighted by molar-refractivity contribution is 5.68. The van der Waals surface area contributed by atoms with Gasteiger partial charge in [-0.1, -0.05) is 13.8 Å². The second-order valence-electron chi connectivity index (χ2n) is 4.80. The number of hydrogen-bond acceptors (Lipinski definition) is 3. The Morgan fingerprint density at radius 1 is 1.44 bits per heavy atom. The second-order valence-corrected chi connectivity index (χ2v) is 4.80. The van der Waals surface area contributed by atoms with E-state index in [0.29, 0.717) is 5.82 Å². The summed E-state index contributed by atoms with van der Waals surface area (Å²) in [5, 5.41) is 8.90. The molecule has 0 spiro atoms. The highest BCUT2D eigenvalue weighted by Crippen LogP contribution is 2.25. The van der Waals surface area contributed by atoms with Crippen molar-refractivity contribution in [3.05, 3.63) is 36.4 Å². The average Bonchev–Trinajstić information content (AvgIpc) is 2.81. The zero-order valence-electron chi connectivity index (χ0n) is 10.3. The first-order valence-electron chi connectivity index (χ1n) is 5.68. The van der Waals surface area contributed by atoms with Gasteiger partial charge in [-0.05, 0) is 18.2 Å². The van der Waals surface area contributed by atoms with Crippen molar-refractivity contribution in [3.8, 4) is 11.4 Å². The third-order valence-electron chi connectivity index (χ3n) is 2.73. The van der Waals surface area contributed by atoms with E-state index in [1.807, 2.05) is 32.2 Å². The first-order valence-corrected chi connectivity index (χ1v) is 5.68. The summed E-state index contributed by atoms with van der Waals surface area (Å²) in [4.78, 5) is 22.5. The van der Waals surface area contributed by atoms with Crippen LogP contribution in [0.5, 0.6) is 0 Å². The van der Waals surface area contributed by atoms with E-state index < -0.39 is 11.4 Å². The molecule has 2 aromatic heterocycles. The van der Waals surface area contributed by atoms with Crippen molar-refractivity contribution < 1.29 is 9.90 Å². The highest BCUT2D eigenvalue weighted by Gasteiger charge is 2.27. The summed E-state index contributed by atoms with van der Waals surface area (Å²) in [7, 11) is 0. The molecule has 0 aromatic carbocycles. The number of rotatable bonds is 4. The van der Waals surface area contributed by atoms with Crippen LogP contribution in [0.25, 0.3) is 11.4 Å². The molecule has 0 aliphatic heterocycles. The molecule has 0 saturated carbocycles. The molecule has 2 heterocycles. The summed E-state index contributed by atoms with van der Waals surface area (Å²) in [5.74, 6) is -0.314. The molecule has 0 aliphatic rings. The van der Waals surface area contributed by atoms with E-state index in [0.717, 1.165) is 11.4 Å². The minimum Gasteiger partial charge on any atom is -0.481 e.